The first-order chi connectivity index (χ1) is 16.2. The summed E-state index contributed by atoms with van der Waals surface area (Å²) in [6.07, 6.45) is -1.34. The number of ether oxygens (including phenoxy) is 1. The van der Waals surface area contributed by atoms with Crippen LogP contribution in [0.2, 0.25) is 5.02 Å². The number of imidazole rings is 1. The molecule has 1 atom stereocenters. The van der Waals surface area contributed by atoms with Gasteiger partial charge in [-0.25, -0.2) is 9.97 Å². The summed E-state index contributed by atoms with van der Waals surface area (Å²) in [6, 6.07) is 14.7. The lowest BCUT2D eigenvalue weighted by atomic mass is 9.64. The highest BCUT2D eigenvalue weighted by molar-refractivity contribution is 6.30. The van der Waals surface area contributed by atoms with Crippen LogP contribution in [0, 0.1) is 0 Å². The third kappa shape index (κ3) is 4.41. The van der Waals surface area contributed by atoms with Crippen LogP contribution in [-0.4, -0.2) is 26.4 Å². The summed E-state index contributed by atoms with van der Waals surface area (Å²) in [5.74, 6) is 0.872. The van der Waals surface area contributed by atoms with Crippen molar-refractivity contribution in [2.75, 3.05) is 5.32 Å². The second-order valence-electron chi connectivity index (χ2n) is 8.28. The number of benzene rings is 2. The normalized spacial score (nSPS) is 16.1. The van der Waals surface area contributed by atoms with Gasteiger partial charge in [0.1, 0.15) is 17.4 Å². The van der Waals surface area contributed by atoms with Crippen LogP contribution in [0.25, 0.3) is 11.0 Å². The molecule has 5 rings (SSSR count). The first-order valence-corrected chi connectivity index (χ1v) is 11.0. The summed E-state index contributed by atoms with van der Waals surface area (Å²) in [5.41, 5.74) is 2.18. The van der Waals surface area contributed by atoms with Gasteiger partial charge in [0.05, 0.1) is 16.4 Å². The van der Waals surface area contributed by atoms with Crippen molar-refractivity contribution in [1.82, 2.24) is 15.0 Å². The third-order valence-corrected chi connectivity index (χ3v) is 6.35. The van der Waals surface area contributed by atoms with E-state index in [4.69, 9.17) is 11.6 Å². The Kier molecular flexibility index (Phi) is 5.61. The average Bonchev–Trinajstić information content (AvgIpc) is 3.16. The van der Waals surface area contributed by atoms with Gasteiger partial charge in [0, 0.05) is 22.8 Å². The van der Waals surface area contributed by atoms with Gasteiger partial charge in [-0.15, -0.1) is 13.2 Å². The van der Waals surface area contributed by atoms with E-state index in [1.807, 2.05) is 6.07 Å². The fourth-order valence-corrected chi connectivity index (χ4v) is 4.47. The molecule has 2 heterocycles. The predicted molar refractivity (Wildman–Crippen MR) is 122 cm³/mol. The molecular weight excluding hydrogens is 469 g/mol. The molecule has 10 heteroatoms. The zero-order valence-electron chi connectivity index (χ0n) is 17.7. The SMILES string of the molecule is OC(Nc1ccc(C2(c3nc4ccc(OC(F)(F)F)cc4[nH]3)CCC2)cn1)c1cccc(Cl)c1. The quantitative estimate of drug-likeness (QED) is 0.286. The van der Waals surface area contributed by atoms with E-state index in [2.05, 4.69) is 25.0 Å². The molecule has 0 radical (unpaired) electrons. The molecule has 1 aliphatic rings. The molecule has 0 spiro atoms. The maximum absolute atomic E-state index is 12.6. The zero-order valence-corrected chi connectivity index (χ0v) is 18.5. The van der Waals surface area contributed by atoms with Crippen LogP contribution in [0.5, 0.6) is 5.75 Å². The van der Waals surface area contributed by atoms with Gasteiger partial charge in [0.2, 0.25) is 0 Å². The lowest BCUT2D eigenvalue weighted by Crippen LogP contribution is -2.36. The molecule has 6 nitrogen and oxygen atoms in total. The van der Waals surface area contributed by atoms with Crippen molar-refractivity contribution in [2.24, 2.45) is 0 Å². The molecule has 1 aliphatic carbocycles. The monoisotopic (exact) mass is 488 g/mol. The summed E-state index contributed by atoms with van der Waals surface area (Å²) in [5, 5.41) is 13.9. The molecule has 0 aliphatic heterocycles. The first kappa shape index (κ1) is 22.5. The second-order valence-corrected chi connectivity index (χ2v) is 8.72. The zero-order chi connectivity index (χ0) is 23.9. The number of aliphatic hydroxyl groups excluding tert-OH is 1. The minimum Gasteiger partial charge on any atom is -0.406 e. The van der Waals surface area contributed by atoms with Gasteiger partial charge in [-0.3, -0.25) is 0 Å². The number of aromatic amines is 1. The largest absolute Gasteiger partial charge is 0.573 e. The summed E-state index contributed by atoms with van der Waals surface area (Å²) in [4.78, 5) is 12.3. The summed E-state index contributed by atoms with van der Waals surface area (Å²) < 4.78 is 41.7. The summed E-state index contributed by atoms with van der Waals surface area (Å²) in [6.45, 7) is 0. The lowest BCUT2D eigenvalue weighted by molar-refractivity contribution is -0.274. The van der Waals surface area contributed by atoms with Crippen LogP contribution < -0.4 is 10.1 Å². The van der Waals surface area contributed by atoms with Crippen molar-refractivity contribution in [3.63, 3.8) is 0 Å². The number of nitrogens with zero attached hydrogens (tertiary/aromatic N) is 2. The van der Waals surface area contributed by atoms with E-state index in [1.165, 1.54) is 18.2 Å². The number of hydrogen-bond donors (Lipinski definition) is 3. The number of halogens is 4. The molecule has 4 aromatic rings. The Morgan fingerprint density at radius 1 is 1.12 bits per heavy atom. The molecule has 1 fully saturated rings. The topological polar surface area (TPSA) is 83.1 Å². The molecule has 176 valence electrons. The maximum Gasteiger partial charge on any atom is 0.573 e. The number of aliphatic hydroxyl groups is 1. The molecule has 34 heavy (non-hydrogen) atoms. The van der Waals surface area contributed by atoms with Gasteiger partial charge in [-0.2, -0.15) is 0 Å². The molecule has 0 bridgehead atoms. The smallest absolute Gasteiger partial charge is 0.406 e. The number of pyridine rings is 1. The van der Waals surface area contributed by atoms with Crippen molar-refractivity contribution in [3.8, 4) is 5.75 Å². The Bertz CT molecular complexity index is 1320. The molecule has 2 aromatic carbocycles. The molecule has 0 amide bonds. The lowest BCUT2D eigenvalue weighted by Gasteiger charge is -2.40. The average molecular weight is 489 g/mol. The Hall–Kier alpha value is -3.30. The number of fused-ring (bicyclic) bond motifs is 1. The highest BCUT2D eigenvalue weighted by Crippen LogP contribution is 2.48. The van der Waals surface area contributed by atoms with E-state index in [0.29, 0.717) is 33.3 Å². The minimum absolute atomic E-state index is 0.298. The number of rotatable bonds is 6. The van der Waals surface area contributed by atoms with Crippen LogP contribution in [-0.2, 0) is 5.41 Å². The van der Waals surface area contributed by atoms with Crippen LogP contribution >= 0.6 is 11.6 Å². The molecular formula is C24H20ClF3N4O2. The molecule has 0 saturated heterocycles. The van der Waals surface area contributed by atoms with Crippen LogP contribution in [0.1, 0.15) is 42.4 Å². The third-order valence-electron chi connectivity index (χ3n) is 6.11. The first-order valence-electron chi connectivity index (χ1n) is 10.6. The number of nitrogens with one attached hydrogen (secondary N) is 2. The highest BCUT2D eigenvalue weighted by atomic mass is 35.5. The number of hydrogen-bond acceptors (Lipinski definition) is 5. The summed E-state index contributed by atoms with van der Waals surface area (Å²) in [7, 11) is 0. The van der Waals surface area contributed by atoms with Crippen molar-refractivity contribution in [1.29, 1.82) is 0 Å². The number of H-pyrrole nitrogens is 1. The Balaban J connectivity index is 1.38. The standard InChI is InChI=1S/C24H20ClF3N4O2/c25-16-4-1-3-14(11-16)21(33)32-20-8-5-15(13-29-20)23(9-2-10-23)22-30-18-7-6-17(12-19(18)31-22)34-24(26,27)28/h1,3-8,11-13,21,33H,2,9-10H2,(H,29,32)(H,30,31). The van der Waals surface area contributed by atoms with Crippen molar-refractivity contribution in [2.45, 2.75) is 37.3 Å². The van der Waals surface area contributed by atoms with E-state index in [1.54, 1.807) is 36.5 Å². The van der Waals surface area contributed by atoms with Crippen LogP contribution in [0.3, 0.4) is 0 Å². The fraction of sp³-hybridized carbons (Fsp3) is 0.250. The van der Waals surface area contributed by atoms with Gasteiger partial charge >= 0.3 is 6.36 Å². The molecule has 3 N–H and O–H groups in total. The highest BCUT2D eigenvalue weighted by Gasteiger charge is 2.43. The summed E-state index contributed by atoms with van der Waals surface area (Å²) >= 11 is 5.99. The van der Waals surface area contributed by atoms with Crippen molar-refractivity contribution < 1.29 is 23.0 Å². The van der Waals surface area contributed by atoms with Gasteiger partial charge in [-0.05, 0) is 48.7 Å². The van der Waals surface area contributed by atoms with E-state index in [0.717, 1.165) is 24.8 Å². The van der Waals surface area contributed by atoms with Crippen molar-refractivity contribution in [3.05, 3.63) is 82.8 Å². The second kappa shape index (κ2) is 8.48. The van der Waals surface area contributed by atoms with Gasteiger partial charge < -0.3 is 20.1 Å². The van der Waals surface area contributed by atoms with Gasteiger partial charge in [0.15, 0.2) is 6.23 Å². The molecule has 1 unspecified atom stereocenters. The number of aromatic nitrogens is 3. The van der Waals surface area contributed by atoms with Gasteiger partial charge in [0.25, 0.3) is 0 Å². The van der Waals surface area contributed by atoms with E-state index in [-0.39, 0.29) is 5.75 Å². The van der Waals surface area contributed by atoms with Crippen LogP contribution in [0.15, 0.2) is 60.8 Å². The fourth-order valence-electron chi connectivity index (χ4n) is 4.27. The van der Waals surface area contributed by atoms with E-state index in [9.17, 15) is 18.3 Å². The van der Waals surface area contributed by atoms with Crippen molar-refractivity contribution >= 4 is 28.5 Å². The Morgan fingerprint density at radius 3 is 2.59 bits per heavy atom. The Morgan fingerprint density at radius 2 is 1.94 bits per heavy atom. The van der Waals surface area contributed by atoms with Crippen LogP contribution in [0.4, 0.5) is 19.0 Å². The van der Waals surface area contributed by atoms with E-state index < -0.39 is 18.0 Å². The maximum atomic E-state index is 12.6. The molecule has 1 saturated carbocycles. The minimum atomic E-state index is -4.76. The number of anilines is 1. The van der Waals surface area contributed by atoms with Gasteiger partial charge in [-0.1, -0.05) is 36.2 Å². The van der Waals surface area contributed by atoms with E-state index >= 15 is 0 Å². The Labute approximate surface area is 197 Å². The predicted octanol–water partition coefficient (Wildman–Crippen LogP) is 6.08. The molecule has 2 aromatic heterocycles. The number of alkyl halides is 3.